The summed E-state index contributed by atoms with van der Waals surface area (Å²) in [4.78, 5) is 0. The van der Waals surface area contributed by atoms with E-state index in [4.69, 9.17) is 0 Å². The van der Waals surface area contributed by atoms with Crippen LogP contribution in [0.5, 0.6) is 0 Å². The highest BCUT2D eigenvalue weighted by atomic mass is 14.2. The first-order valence-corrected chi connectivity index (χ1v) is 4.21. The molecular formula is C11H26. The highest BCUT2D eigenvalue weighted by Crippen LogP contribution is 2.29. The Bertz CT molecular complexity index is 73.6. The maximum absolute atomic E-state index is 2.30. The van der Waals surface area contributed by atoms with Crippen molar-refractivity contribution in [1.29, 1.82) is 0 Å². The van der Waals surface area contributed by atoms with Crippen molar-refractivity contribution in [3.63, 3.8) is 0 Å². The van der Waals surface area contributed by atoms with Crippen LogP contribution in [0.2, 0.25) is 0 Å². The molecule has 0 nitrogen and oxygen atoms in total. The van der Waals surface area contributed by atoms with Gasteiger partial charge in [0.1, 0.15) is 0 Å². The van der Waals surface area contributed by atoms with Crippen molar-refractivity contribution < 1.29 is 0 Å². The third kappa shape index (κ3) is 13.1. The quantitative estimate of drug-likeness (QED) is 0.527. The molecule has 0 heteroatoms. The molecule has 0 aliphatic carbocycles. The first-order valence-electron chi connectivity index (χ1n) is 4.21. The first-order chi connectivity index (χ1) is 4.21. The van der Waals surface area contributed by atoms with Gasteiger partial charge in [-0.3, -0.25) is 0 Å². The first kappa shape index (κ1) is 13.6. The monoisotopic (exact) mass is 158 g/mol. The van der Waals surface area contributed by atoms with Gasteiger partial charge in [-0.2, -0.15) is 0 Å². The Hall–Kier alpha value is 0. The second-order valence-corrected chi connectivity index (χ2v) is 5.62. The van der Waals surface area contributed by atoms with Gasteiger partial charge in [0.25, 0.3) is 0 Å². The Labute approximate surface area is 73.4 Å². The summed E-state index contributed by atoms with van der Waals surface area (Å²) < 4.78 is 0. The topological polar surface area (TPSA) is 0 Å². The van der Waals surface area contributed by atoms with Crippen molar-refractivity contribution in [2.45, 2.75) is 61.8 Å². The molecule has 0 aliphatic rings. The number of rotatable bonds is 1. The van der Waals surface area contributed by atoms with E-state index >= 15 is 0 Å². The highest BCUT2D eigenvalue weighted by molar-refractivity contribution is 4.68. The van der Waals surface area contributed by atoms with Gasteiger partial charge in [-0.25, -0.2) is 0 Å². The predicted octanol–water partition coefficient (Wildman–Crippen LogP) is 4.49. The van der Waals surface area contributed by atoms with E-state index in [1.165, 1.54) is 12.8 Å². The maximum Gasteiger partial charge on any atom is -0.0382 e. The van der Waals surface area contributed by atoms with Crippen molar-refractivity contribution in [2.24, 2.45) is 10.8 Å². The highest BCUT2D eigenvalue weighted by Gasteiger charge is 2.16. The molecule has 70 valence electrons. The Morgan fingerprint density at radius 1 is 0.636 bits per heavy atom. The normalized spacial score (nSPS) is 12.5. The Kier molecular flexibility index (Phi) is 5.10. The van der Waals surface area contributed by atoms with Crippen LogP contribution < -0.4 is 0 Å². The maximum atomic E-state index is 2.30. The fourth-order valence-electron chi connectivity index (χ4n) is 0.750. The Morgan fingerprint density at radius 2 is 0.818 bits per heavy atom. The zero-order valence-electron chi connectivity index (χ0n) is 8.41. The van der Waals surface area contributed by atoms with Gasteiger partial charge in [0.15, 0.2) is 0 Å². The van der Waals surface area contributed by atoms with Gasteiger partial charge < -0.3 is 0 Å². The fraction of sp³-hybridized carbons (Fsp3) is 1.00. The van der Waals surface area contributed by atoms with Crippen LogP contribution in [0.4, 0.5) is 0 Å². The molecule has 0 aromatic rings. The molecule has 0 fully saturated rings. The minimum atomic E-state index is 0. The Morgan fingerprint density at radius 3 is 0.909 bits per heavy atom. The standard InChI is InChI=1S/C10H22.CH4/c1-9(2,3)7-8-10(4,5)6;/h7-8H2,1-6H3;1H4. The molecule has 0 aliphatic heterocycles. The Balaban J connectivity index is 0. The van der Waals surface area contributed by atoms with Crippen LogP contribution in [0.15, 0.2) is 0 Å². The minimum Gasteiger partial charge on any atom is -0.0776 e. The van der Waals surface area contributed by atoms with E-state index in [2.05, 4.69) is 41.5 Å². The summed E-state index contributed by atoms with van der Waals surface area (Å²) in [7, 11) is 0. The minimum absolute atomic E-state index is 0. The van der Waals surface area contributed by atoms with E-state index in [9.17, 15) is 0 Å². The molecule has 0 rings (SSSR count). The van der Waals surface area contributed by atoms with E-state index in [-0.39, 0.29) is 7.43 Å². The summed E-state index contributed by atoms with van der Waals surface area (Å²) in [6.07, 6.45) is 2.66. The van der Waals surface area contributed by atoms with Gasteiger partial charge >= 0.3 is 0 Å². The van der Waals surface area contributed by atoms with Crippen LogP contribution in [0.1, 0.15) is 61.8 Å². The van der Waals surface area contributed by atoms with Crippen LogP contribution in [-0.2, 0) is 0 Å². The molecule has 0 saturated carbocycles. The molecule has 0 unspecified atom stereocenters. The van der Waals surface area contributed by atoms with Gasteiger partial charge in [-0.05, 0) is 23.7 Å². The molecule has 0 aromatic heterocycles. The van der Waals surface area contributed by atoms with Crippen LogP contribution in [-0.4, -0.2) is 0 Å². The molecule has 0 N–H and O–H groups in total. The van der Waals surface area contributed by atoms with E-state index in [0.717, 1.165) is 0 Å². The summed E-state index contributed by atoms with van der Waals surface area (Å²) in [5, 5.41) is 0. The summed E-state index contributed by atoms with van der Waals surface area (Å²) in [5.41, 5.74) is 1.01. The largest absolute Gasteiger partial charge is 0.0776 e. The lowest BCUT2D eigenvalue weighted by molar-refractivity contribution is 0.275. The third-order valence-electron chi connectivity index (χ3n) is 1.62. The predicted molar refractivity (Wildman–Crippen MR) is 54.9 cm³/mol. The molecule has 0 atom stereocenters. The van der Waals surface area contributed by atoms with Crippen molar-refractivity contribution in [1.82, 2.24) is 0 Å². The molecule has 0 amide bonds. The molecule has 11 heavy (non-hydrogen) atoms. The lowest BCUT2D eigenvalue weighted by atomic mass is 9.81. The van der Waals surface area contributed by atoms with Crippen LogP contribution in [0, 0.1) is 10.8 Å². The second-order valence-electron chi connectivity index (χ2n) is 5.62. The summed E-state index contributed by atoms with van der Waals surface area (Å²) in [6, 6.07) is 0. The van der Waals surface area contributed by atoms with Gasteiger partial charge in [-0.1, -0.05) is 49.0 Å². The van der Waals surface area contributed by atoms with Crippen molar-refractivity contribution in [3.05, 3.63) is 0 Å². The third-order valence-corrected chi connectivity index (χ3v) is 1.62. The zero-order chi connectivity index (χ0) is 8.41. The average molecular weight is 158 g/mol. The van der Waals surface area contributed by atoms with E-state index in [1.54, 1.807) is 0 Å². The van der Waals surface area contributed by atoms with Gasteiger partial charge in [-0.15, -0.1) is 0 Å². The van der Waals surface area contributed by atoms with Gasteiger partial charge in [0, 0.05) is 0 Å². The fourth-order valence-corrected chi connectivity index (χ4v) is 0.750. The molecule has 0 aromatic carbocycles. The van der Waals surface area contributed by atoms with E-state index < -0.39 is 0 Å². The van der Waals surface area contributed by atoms with Crippen LogP contribution in [0.3, 0.4) is 0 Å². The zero-order valence-corrected chi connectivity index (χ0v) is 8.41. The van der Waals surface area contributed by atoms with Crippen molar-refractivity contribution >= 4 is 0 Å². The molecule has 0 saturated heterocycles. The van der Waals surface area contributed by atoms with Crippen molar-refractivity contribution in [2.75, 3.05) is 0 Å². The summed E-state index contributed by atoms with van der Waals surface area (Å²) in [5.74, 6) is 0. The molecular weight excluding hydrogens is 132 g/mol. The lowest BCUT2D eigenvalue weighted by Gasteiger charge is -2.24. The average Bonchev–Trinajstić information content (AvgIpc) is 1.57. The van der Waals surface area contributed by atoms with E-state index in [0.29, 0.717) is 10.8 Å². The summed E-state index contributed by atoms with van der Waals surface area (Å²) >= 11 is 0. The smallest absolute Gasteiger partial charge is 0.0382 e. The molecule has 0 bridgehead atoms. The summed E-state index contributed by atoms with van der Waals surface area (Å²) in [6.45, 7) is 13.8. The van der Waals surface area contributed by atoms with Gasteiger partial charge in [0.2, 0.25) is 0 Å². The lowest BCUT2D eigenvalue weighted by Crippen LogP contribution is -2.12. The van der Waals surface area contributed by atoms with Gasteiger partial charge in [0.05, 0.1) is 0 Å². The van der Waals surface area contributed by atoms with E-state index in [1.807, 2.05) is 0 Å². The number of hydrogen-bond donors (Lipinski definition) is 0. The van der Waals surface area contributed by atoms with Crippen LogP contribution in [0.25, 0.3) is 0 Å². The van der Waals surface area contributed by atoms with Crippen molar-refractivity contribution in [3.8, 4) is 0 Å². The van der Waals surface area contributed by atoms with Crippen LogP contribution >= 0.6 is 0 Å². The second kappa shape index (κ2) is 4.13. The molecule has 0 heterocycles. The SMILES string of the molecule is C.CC(C)(C)CCC(C)(C)C. The number of hydrogen-bond acceptors (Lipinski definition) is 0. The molecule has 0 spiro atoms. The molecule has 0 radical (unpaired) electrons.